The van der Waals surface area contributed by atoms with Crippen molar-refractivity contribution in [1.29, 1.82) is 0 Å². The summed E-state index contributed by atoms with van der Waals surface area (Å²) in [5, 5.41) is 3.12. The number of hydrogen-bond acceptors (Lipinski definition) is 7. The standard InChI is InChI=1S/C22H28N4O5S2/c1-12-20(32-22(24-12)25-14(3)27)16-9-17-11-26(13(2)15-5-6-15)21(28)19(17)18(10-16)33(29,30)23-7-8-31-4/h9-10,13,15,23H,5-8,11H2,1-4H3,(H,24,25,27)/t13-/m0/s1. The van der Waals surface area contributed by atoms with Gasteiger partial charge in [0.2, 0.25) is 15.9 Å². The quantitative estimate of drug-likeness (QED) is 0.520. The van der Waals surface area contributed by atoms with Crippen LogP contribution in [-0.2, 0) is 26.1 Å². The smallest absolute Gasteiger partial charge is 0.256 e. The first-order valence-electron chi connectivity index (χ1n) is 10.8. The molecular formula is C22H28N4O5S2. The highest BCUT2D eigenvalue weighted by Crippen LogP contribution is 2.42. The van der Waals surface area contributed by atoms with E-state index in [0.29, 0.717) is 34.4 Å². The molecule has 2 amide bonds. The van der Waals surface area contributed by atoms with Crippen molar-refractivity contribution in [3.8, 4) is 10.4 Å². The number of nitrogens with zero attached hydrogens (tertiary/aromatic N) is 2. The molecule has 0 saturated heterocycles. The summed E-state index contributed by atoms with van der Waals surface area (Å²) in [6.07, 6.45) is 2.17. The Morgan fingerprint density at radius 3 is 2.73 bits per heavy atom. The molecule has 0 bridgehead atoms. The molecule has 0 radical (unpaired) electrons. The molecule has 1 atom stereocenters. The Morgan fingerprint density at radius 2 is 2.09 bits per heavy atom. The number of carbonyl (C=O) groups excluding carboxylic acids is 2. The monoisotopic (exact) mass is 492 g/mol. The van der Waals surface area contributed by atoms with E-state index in [1.165, 1.54) is 31.4 Å². The SMILES string of the molecule is COCCNS(=O)(=O)c1cc(-c2sc(NC(C)=O)nc2C)cc2c1C(=O)N([C@@H](C)C1CC1)C2. The summed E-state index contributed by atoms with van der Waals surface area (Å²) in [6, 6.07) is 3.47. The summed E-state index contributed by atoms with van der Waals surface area (Å²) < 4.78 is 34.0. The van der Waals surface area contributed by atoms with Gasteiger partial charge in [0.05, 0.1) is 27.6 Å². The van der Waals surface area contributed by atoms with Crippen LogP contribution in [0.25, 0.3) is 10.4 Å². The third-order valence-electron chi connectivity index (χ3n) is 6.02. The largest absolute Gasteiger partial charge is 0.383 e. The van der Waals surface area contributed by atoms with Crippen LogP contribution in [0.15, 0.2) is 17.0 Å². The number of carbonyl (C=O) groups is 2. The van der Waals surface area contributed by atoms with Crippen LogP contribution in [0.1, 0.15) is 48.3 Å². The van der Waals surface area contributed by atoms with Crippen molar-refractivity contribution in [3.05, 3.63) is 29.0 Å². The highest BCUT2D eigenvalue weighted by Gasteiger charge is 2.41. The van der Waals surface area contributed by atoms with E-state index in [1.54, 1.807) is 4.90 Å². The number of nitrogens with one attached hydrogen (secondary N) is 2. The zero-order chi connectivity index (χ0) is 23.9. The number of ether oxygens (including phenoxy) is 1. The van der Waals surface area contributed by atoms with E-state index in [9.17, 15) is 18.0 Å². The zero-order valence-electron chi connectivity index (χ0n) is 19.1. The zero-order valence-corrected chi connectivity index (χ0v) is 20.7. The van der Waals surface area contributed by atoms with Crippen molar-refractivity contribution in [2.45, 2.75) is 51.1 Å². The van der Waals surface area contributed by atoms with Gasteiger partial charge in [-0.15, -0.1) is 0 Å². The molecule has 178 valence electrons. The molecule has 2 heterocycles. The van der Waals surface area contributed by atoms with Gasteiger partial charge in [-0.3, -0.25) is 9.59 Å². The normalized spacial score (nSPS) is 16.7. The molecule has 1 saturated carbocycles. The molecule has 1 aromatic heterocycles. The van der Waals surface area contributed by atoms with E-state index in [2.05, 4.69) is 15.0 Å². The minimum absolute atomic E-state index is 0.0320. The van der Waals surface area contributed by atoms with Gasteiger partial charge in [0, 0.05) is 33.2 Å². The first-order valence-corrected chi connectivity index (χ1v) is 13.1. The summed E-state index contributed by atoms with van der Waals surface area (Å²) in [4.78, 5) is 31.7. The summed E-state index contributed by atoms with van der Waals surface area (Å²) in [6.45, 7) is 5.93. The van der Waals surface area contributed by atoms with Crippen LogP contribution in [0.2, 0.25) is 0 Å². The lowest BCUT2D eigenvalue weighted by atomic mass is 10.0. The molecular weight excluding hydrogens is 464 g/mol. The maximum Gasteiger partial charge on any atom is 0.256 e. The first-order chi connectivity index (χ1) is 15.6. The number of benzene rings is 1. The van der Waals surface area contributed by atoms with Crippen LogP contribution in [0.5, 0.6) is 0 Å². The van der Waals surface area contributed by atoms with E-state index in [-0.39, 0.29) is 41.5 Å². The predicted octanol–water partition coefficient (Wildman–Crippen LogP) is 2.76. The van der Waals surface area contributed by atoms with Gasteiger partial charge < -0.3 is 15.0 Å². The lowest BCUT2D eigenvalue weighted by Gasteiger charge is -2.24. The van der Waals surface area contributed by atoms with Crippen LogP contribution in [0.4, 0.5) is 5.13 Å². The van der Waals surface area contributed by atoms with Gasteiger partial charge in [0.25, 0.3) is 5.91 Å². The molecule has 9 nitrogen and oxygen atoms in total. The van der Waals surface area contributed by atoms with Crippen molar-refractivity contribution in [3.63, 3.8) is 0 Å². The van der Waals surface area contributed by atoms with E-state index in [1.807, 2.05) is 19.9 Å². The first kappa shape index (κ1) is 23.8. The second-order valence-electron chi connectivity index (χ2n) is 8.52. The highest BCUT2D eigenvalue weighted by atomic mass is 32.2. The summed E-state index contributed by atoms with van der Waals surface area (Å²) >= 11 is 1.27. The van der Waals surface area contributed by atoms with Gasteiger partial charge in [0.1, 0.15) is 0 Å². The fraction of sp³-hybridized carbons (Fsp3) is 0.500. The number of aryl methyl sites for hydroxylation is 1. The fourth-order valence-corrected chi connectivity index (χ4v) is 6.45. The van der Waals surface area contributed by atoms with E-state index >= 15 is 0 Å². The highest BCUT2D eigenvalue weighted by molar-refractivity contribution is 7.89. The van der Waals surface area contributed by atoms with Crippen molar-refractivity contribution >= 4 is 38.3 Å². The number of anilines is 1. The van der Waals surface area contributed by atoms with Crippen LogP contribution >= 0.6 is 11.3 Å². The van der Waals surface area contributed by atoms with E-state index in [0.717, 1.165) is 17.7 Å². The number of methoxy groups -OCH3 is 1. The molecule has 1 aliphatic heterocycles. The van der Waals surface area contributed by atoms with Gasteiger partial charge in [-0.1, -0.05) is 11.3 Å². The molecule has 2 aromatic rings. The number of amides is 2. The average molecular weight is 493 g/mol. The van der Waals surface area contributed by atoms with E-state index in [4.69, 9.17) is 4.74 Å². The number of thiazole rings is 1. The van der Waals surface area contributed by atoms with Crippen molar-refractivity contribution in [2.24, 2.45) is 5.92 Å². The maximum atomic E-state index is 13.4. The lowest BCUT2D eigenvalue weighted by Crippen LogP contribution is -2.35. The maximum absolute atomic E-state index is 13.4. The molecule has 33 heavy (non-hydrogen) atoms. The van der Waals surface area contributed by atoms with Gasteiger partial charge in [0.15, 0.2) is 5.13 Å². The van der Waals surface area contributed by atoms with Crippen LogP contribution in [0, 0.1) is 12.8 Å². The molecule has 2 N–H and O–H groups in total. The Hall–Kier alpha value is -2.34. The molecule has 4 rings (SSSR count). The minimum atomic E-state index is -3.96. The van der Waals surface area contributed by atoms with Crippen molar-refractivity contribution in [1.82, 2.24) is 14.6 Å². The molecule has 11 heteroatoms. The Labute approximate surface area is 197 Å². The Morgan fingerprint density at radius 1 is 1.36 bits per heavy atom. The number of aromatic nitrogens is 1. The molecule has 1 aromatic carbocycles. The van der Waals surface area contributed by atoms with Crippen molar-refractivity contribution < 1.29 is 22.7 Å². The van der Waals surface area contributed by atoms with Gasteiger partial charge in [-0.2, -0.15) is 0 Å². The van der Waals surface area contributed by atoms with Crippen LogP contribution in [0.3, 0.4) is 0 Å². The molecule has 2 aliphatic rings. The molecule has 1 fully saturated rings. The van der Waals surface area contributed by atoms with E-state index < -0.39 is 10.0 Å². The number of sulfonamides is 1. The van der Waals surface area contributed by atoms with Crippen LogP contribution < -0.4 is 10.0 Å². The summed E-state index contributed by atoms with van der Waals surface area (Å²) in [7, 11) is -2.47. The molecule has 0 spiro atoms. The Balaban J connectivity index is 1.80. The lowest BCUT2D eigenvalue weighted by molar-refractivity contribution is -0.114. The van der Waals surface area contributed by atoms with Crippen molar-refractivity contribution in [2.75, 3.05) is 25.6 Å². The Bertz CT molecular complexity index is 1200. The third kappa shape index (κ3) is 4.81. The minimum Gasteiger partial charge on any atom is -0.383 e. The fourth-order valence-electron chi connectivity index (χ4n) is 4.17. The predicted molar refractivity (Wildman–Crippen MR) is 126 cm³/mol. The van der Waals surface area contributed by atoms with Gasteiger partial charge >= 0.3 is 0 Å². The number of rotatable bonds is 9. The average Bonchev–Trinajstić information content (AvgIpc) is 3.46. The van der Waals surface area contributed by atoms with Gasteiger partial charge in [-0.05, 0) is 55.9 Å². The number of fused-ring (bicyclic) bond motifs is 1. The summed E-state index contributed by atoms with van der Waals surface area (Å²) in [5.74, 6) is -0.0141. The topological polar surface area (TPSA) is 118 Å². The second kappa shape index (κ2) is 9.13. The summed E-state index contributed by atoms with van der Waals surface area (Å²) in [5.41, 5.74) is 2.25. The third-order valence-corrected chi connectivity index (χ3v) is 8.63. The van der Waals surface area contributed by atoms with Crippen LogP contribution in [-0.4, -0.2) is 56.4 Å². The second-order valence-corrected chi connectivity index (χ2v) is 11.3. The Kier molecular flexibility index (Phi) is 6.59. The number of hydrogen-bond donors (Lipinski definition) is 2. The molecule has 1 aliphatic carbocycles. The van der Waals surface area contributed by atoms with Gasteiger partial charge in [-0.25, -0.2) is 18.1 Å². The molecule has 0 unspecified atom stereocenters.